The number of carboxylic acids is 1. The van der Waals surface area contributed by atoms with Gasteiger partial charge in [0, 0.05) is 18.4 Å². The highest BCUT2D eigenvalue weighted by atomic mass is 32.1. The topological polar surface area (TPSA) is 92.2 Å². The molecule has 2 N–H and O–H groups in total. The summed E-state index contributed by atoms with van der Waals surface area (Å²) in [5, 5.41) is 15.6. The third-order valence-corrected chi connectivity index (χ3v) is 3.72. The summed E-state index contributed by atoms with van der Waals surface area (Å²) in [5.74, 6) is -1.13. The zero-order chi connectivity index (χ0) is 15.3. The van der Waals surface area contributed by atoms with E-state index in [9.17, 15) is 9.59 Å². The number of carboxylic acid groups (broad SMARTS) is 1. The van der Waals surface area contributed by atoms with Crippen LogP contribution in [-0.2, 0) is 10.2 Å². The van der Waals surface area contributed by atoms with E-state index in [1.165, 1.54) is 0 Å². The number of rotatable bonds is 6. The summed E-state index contributed by atoms with van der Waals surface area (Å²) >= 11 is 1.07. The van der Waals surface area contributed by atoms with Gasteiger partial charge in [-0.15, -0.1) is 5.10 Å². The van der Waals surface area contributed by atoms with Crippen LogP contribution in [0, 0.1) is 5.92 Å². The average molecular weight is 299 g/mol. The lowest BCUT2D eigenvalue weighted by Gasteiger charge is -2.17. The summed E-state index contributed by atoms with van der Waals surface area (Å²) in [7, 11) is 0. The third-order valence-electron chi connectivity index (χ3n) is 3.00. The summed E-state index contributed by atoms with van der Waals surface area (Å²) in [6.07, 6.45) is 0.767. The molecule has 7 heteroatoms. The number of amides is 1. The molecular weight excluding hydrogens is 278 g/mol. The van der Waals surface area contributed by atoms with E-state index >= 15 is 0 Å². The van der Waals surface area contributed by atoms with Crippen LogP contribution in [0.3, 0.4) is 0 Å². The molecule has 0 spiro atoms. The number of aromatic nitrogens is 2. The molecular formula is C13H21N3O3S. The van der Waals surface area contributed by atoms with E-state index in [1.807, 2.05) is 27.7 Å². The lowest BCUT2D eigenvalue weighted by molar-refractivity contribution is -0.138. The Morgan fingerprint density at radius 1 is 1.40 bits per heavy atom. The van der Waals surface area contributed by atoms with E-state index in [0.29, 0.717) is 23.5 Å². The molecule has 1 aromatic heterocycles. The predicted molar refractivity (Wildman–Crippen MR) is 77.0 cm³/mol. The molecule has 0 saturated heterocycles. The van der Waals surface area contributed by atoms with E-state index in [2.05, 4.69) is 14.9 Å². The molecule has 1 aromatic rings. The predicted octanol–water partition coefficient (Wildman–Crippen LogP) is 2.07. The molecule has 0 aromatic carbocycles. The van der Waals surface area contributed by atoms with Gasteiger partial charge in [0.25, 0.3) is 5.91 Å². The van der Waals surface area contributed by atoms with Crippen molar-refractivity contribution in [2.45, 2.75) is 46.0 Å². The minimum absolute atomic E-state index is 0.0594. The maximum Gasteiger partial charge on any atom is 0.303 e. The second-order valence-corrected chi connectivity index (χ2v) is 6.54. The van der Waals surface area contributed by atoms with Crippen molar-refractivity contribution in [2.75, 3.05) is 6.54 Å². The van der Waals surface area contributed by atoms with Gasteiger partial charge in [-0.2, -0.15) is 0 Å². The van der Waals surface area contributed by atoms with Gasteiger partial charge in [-0.05, 0) is 17.5 Å². The molecule has 0 saturated carbocycles. The molecule has 20 heavy (non-hydrogen) atoms. The molecule has 1 heterocycles. The fraction of sp³-hybridized carbons (Fsp3) is 0.692. The number of carbonyl (C=O) groups is 2. The fourth-order valence-corrected chi connectivity index (χ4v) is 2.55. The van der Waals surface area contributed by atoms with E-state index in [0.717, 1.165) is 11.5 Å². The highest BCUT2D eigenvalue weighted by Gasteiger charge is 2.26. The zero-order valence-corrected chi connectivity index (χ0v) is 13.1. The number of aliphatic carboxylic acids is 1. The summed E-state index contributed by atoms with van der Waals surface area (Å²) in [4.78, 5) is 23.4. The first kappa shape index (κ1) is 16.6. The Bertz CT molecular complexity index is 479. The monoisotopic (exact) mass is 299 g/mol. The van der Waals surface area contributed by atoms with Gasteiger partial charge in [-0.25, -0.2) is 0 Å². The Labute approximate surface area is 122 Å². The maximum atomic E-state index is 12.2. The standard InChI is InChI=1S/C13H21N3O3S/c1-5-8(6-9(17)18)7-14-12(19)10-11(13(2,3)4)15-16-20-10/h8H,5-7H2,1-4H3,(H,14,19)(H,17,18). The lowest BCUT2D eigenvalue weighted by Crippen LogP contribution is -2.31. The van der Waals surface area contributed by atoms with E-state index in [1.54, 1.807) is 0 Å². The van der Waals surface area contributed by atoms with Gasteiger partial charge in [0.1, 0.15) is 4.88 Å². The molecule has 1 atom stereocenters. The van der Waals surface area contributed by atoms with Gasteiger partial charge in [-0.3, -0.25) is 9.59 Å². The van der Waals surface area contributed by atoms with Crippen molar-refractivity contribution in [3.63, 3.8) is 0 Å². The molecule has 1 unspecified atom stereocenters. The van der Waals surface area contributed by atoms with Crippen molar-refractivity contribution in [1.82, 2.24) is 14.9 Å². The van der Waals surface area contributed by atoms with Crippen LogP contribution in [0.1, 0.15) is 55.9 Å². The van der Waals surface area contributed by atoms with Crippen LogP contribution < -0.4 is 5.32 Å². The molecule has 1 amide bonds. The number of carbonyl (C=O) groups excluding carboxylic acids is 1. The molecule has 0 aliphatic carbocycles. The Morgan fingerprint density at radius 2 is 2.05 bits per heavy atom. The number of nitrogens with zero attached hydrogens (tertiary/aromatic N) is 2. The number of nitrogens with one attached hydrogen (secondary N) is 1. The van der Waals surface area contributed by atoms with Crippen molar-refractivity contribution < 1.29 is 14.7 Å². The van der Waals surface area contributed by atoms with E-state index in [-0.39, 0.29) is 23.7 Å². The molecule has 0 bridgehead atoms. The molecule has 1 rings (SSSR count). The van der Waals surface area contributed by atoms with Crippen LogP contribution in [0.4, 0.5) is 0 Å². The second-order valence-electron chi connectivity index (χ2n) is 5.78. The average Bonchev–Trinajstić information content (AvgIpc) is 2.82. The van der Waals surface area contributed by atoms with E-state index in [4.69, 9.17) is 5.11 Å². The van der Waals surface area contributed by atoms with Crippen molar-refractivity contribution in [1.29, 1.82) is 0 Å². The first-order valence-electron chi connectivity index (χ1n) is 6.58. The Hall–Kier alpha value is -1.50. The summed E-state index contributed by atoms with van der Waals surface area (Å²) in [5.41, 5.74) is 0.427. The van der Waals surface area contributed by atoms with E-state index < -0.39 is 5.97 Å². The second kappa shape index (κ2) is 6.78. The molecule has 6 nitrogen and oxygen atoms in total. The number of hydrogen-bond donors (Lipinski definition) is 2. The van der Waals surface area contributed by atoms with Gasteiger partial charge in [-0.1, -0.05) is 38.6 Å². The van der Waals surface area contributed by atoms with Crippen LogP contribution in [0.25, 0.3) is 0 Å². The maximum absolute atomic E-state index is 12.2. The third kappa shape index (κ3) is 4.56. The van der Waals surface area contributed by atoms with Crippen LogP contribution >= 0.6 is 11.5 Å². The van der Waals surface area contributed by atoms with Crippen molar-refractivity contribution in [3.05, 3.63) is 10.6 Å². The van der Waals surface area contributed by atoms with Crippen LogP contribution in [0.5, 0.6) is 0 Å². The Balaban J connectivity index is 2.68. The summed E-state index contributed by atoms with van der Waals surface area (Å²) in [6.45, 7) is 8.18. The Morgan fingerprint density at radius 3 is 2.55 bits per heavy atom. The quantitative estimate of drug-likeness (QED) is 0.839. The SMILES string of the molecule is CCC(CNC(=O)c1snnc1C(C)(C)C)CC(=O)O. The van der Waals surface area contributed by atoms with Crippen LogP contribution in [-0.4, -0.2) is 33.1 Å². The molecule has 112 valence electrons. The van der Waals surface area contributed by atoms with Crippen molar-refractivity contribution >= 4 is 23.4 Å². The van der Waals surface area contributed by atoms with Gasteiger partial charge in [0.05, 0.1) is 5.69 Å². The first-order chi connectivity index (χ1) is 9.25. The summed E-state index contributed by atoms with van der Waals surface area (Å²) in [6, 6.07) is 0. The smallest absolute Gasteiger partial charge is 0.303 e. The largest absolute Gasteiger partial charge is 0.481 e. The molecule has 0 radical (unpaired) electrons. The fourth-order valence-electron chi connectivity index (χ4n) is 1.76. The normalized spacial score (nSPS) is 13.0. The molecule has 0 aliphatic heterocycles. The van der Waals surface area contributed by atoms with Gasteiger partial charge >= 0.3 is 5.97 Å². The van der Waals surface area contributed by atoms with Crippen molar-refractivity contribution in [3.8, 4) is 0 Å². The highest BCUT2D eigenvalue weighted by molar-refractivity contribution is 7.08. The number of hydrogen-bond acceptors (Lipinski definition) is 5. The lowest BCUT2D eigenvalue weighted by atomic mass is 9.91. The Kier molecular flexibility index (Phi) is 5.62. The first-order valence-corrected chi connectivity index (χ1v) is 7.35. The molecule has 0 aliphatic rings. The molecule has 0 fully saturated rings. The van der Waals surface area contributed by atoms with Crippen LogP contribution in [0.2, 0.25) is 0 Å². The highest BCUT2D eigenvalue weighted by Crippen LogP contribution is 2.25. The minimum Gasteiger partial charge on any atom is -0.481 e. The van der Waals surface area contributed by atoms with Crippen molar-refractivity contribution in [2.24, 2.45) is 5.92 Å². The zero-order valence-electron chi connectivity index (χ0n) is 12.3. The van der Waals surface area contributed by atoms with Gasteiger partial charge in [0.2, 0.25) is 0 Å². The van der Waals surface area contributed by atoms with Crippen LogP contribution in [0.15, 0.2) is 0 Å². The van der Waals surface area contributed by atoms with Gasteiger partial charge < -0.3 is 10.4 Å². The summed E-state index contributed by atoms with van der Waals surface area (Å²) < 4.78 is 3.84. The minimum atomic E-state index is -0.846. The van der Waals surface area contributed by atoms with Gasteiger partial charge in [0.15, 0.2) is 0 Å².